The molecule has 2 fully saturated rings. The second kappa shape index (κ2) is 9.78. The van der Waals surface area contributed by atoms with Crippen molar-refractivity contribution in [1.29, 1.82) is 0 Å². The highest BCUT2D eigenvalue weighted by atomic mass is 19.1. The number of benzene rings is 2. The topological polar surface area (TPSA) is 83.2 Å². The summed E-state index contributed by atoms with van der Waals surface area (Å²) in [4.78, 5) is 21.0. The smallest absolute Gasteiger partial charge is 0.253 e. The van der Waals surface area contributed by atoms with Gasteiger partial charge in [0, 0.05) is 44.2 Å². The van der Waals surface area contributed by atoms with E-state index in [2.05, 4.69) is 20.1 Å². The molecule has 0 spiro atoms. The number of hydrogen-bond acceptors (Lipinski definition) is 4. The van der Waals surface area contributed by atoms with E-state index in [0.29, 0.717) is 19.1 Å². The maximum absolute atomic E-state index is 13.1. The normalized spacial score (nSPS) is 19.5. The minimum Gasteiger partial charge on any atom is -0.370 e. The van der Waals surface area contributed by atoms with Crippen LogP contribution >= 0.6 is 0 Å². The van der Waals surface area contributed by atoms with Gasteiger partial charge in [-0.25, -0.2) is 9.38 Å². The van der Waals surface area contributed by atoms with E-state index in [1.54, 1.807) is 12.1 Å². The highest BCUT2D eigenvalue weighted by Crippen LogP contribution is 2.18. The Bertz CT molecular complexity index is 920. The van der Waals surface area contributed by atoms with Gasteiger partial charge < -0.3 is 25.6 Å². The highest BCUT2D eigenvalue weighted by molar-refractivity contribution is 5.94. The van der Waals surface area contributed by atoms with Gasteiger partial charge in [0.05, 0.1) is 6.54 Å². The van der Waals surface area contributed by atoms with Crippen molar-refractivity contribution in [1.82, 2.24) is 4.90 Å². The van der Waals surface area contributed by atoms with E-state index in [1.165, 1.54) is 12.1 Å². The first-order chi connectivity index (χ1) is 15.1. The van der Waals surface area contributed by atoms with Gasteiger partial charge in [-0.3, -0.25) is 4.79 Å². The van der Waals surface area contributed by atoms with E-state index < -0.39 is 0 Å². The van der Waals surface area contributed by atoms with Crippen LogP contribution in [0, 0.1) is 5.82 Å². The molecule has 7 nitrogen and oxygen atoms in total. The first-order valence-electron chi connectivity index (χ1n) is 10.7. The molecule has 2 heterocycles. The summed E-state index contributed by atoms with van der Waals surface area (Å²) in [6.07, 6.45) is 1.33. The zero-order valence-electron chi connectivity index (χ0n) is 17.5. The first kappa shape index (κ1) is 21.1. The molecule has 0 aromatic heterocycles. The minimum atomic E-state index is -0.356. The average Bonchev–Trinajstić information content (AvgIpc) is 3.34. The van der Waals surface area contributed by atoms with Crippen LogP contribution in [0.1, 0.15) is 18.4 Å². The Morgan fingerprint density at radius 2 is 1.94 bits per heavy atom. The van der Waals surface area contributed by atoms with Gasteiger partial charge in [-0.15, -0.1) is 0 Å². The van der Waals surface area contributed by atoms with Gasteiger partial charge in [0.2, 0.25) is 0 Å². The number of aliphatic imine (C=N–C) groups is 1. The molecule has 164 valence electrons. The molecule has 2 aromatic carbocycles. The van der Waals surface area contributed by atoms with E-state index in [1.807, 2.05) is 24.3 Å². The molecule has 4 rings (SSSR count). The summed E-state index contributed by atoms with van der Waals surface area (Å²) in [5.74, 6) is 0.179. The Labute approximate surface area is 181 Å². The fourth-order valence-corrected chi connectivity index (χ4v) is 3.87. The molecular formula is C23H28FN5O2. The number of halogens is 1. The first-order valence-corrected chi connectivity index (χ1v) is 10.7. The standard InChI is InChI=1S/C23H28FN5O2/c24-18-6-8-20(9-7-18)28-10-12-29(13-11-28)23(25)26-16-17-3-1-4-19(15-17)27-22(30)21-5-2-14-31-21/h1,3-4,6-9,15,21H,2,5,10-14,16H2,(H2,25,26)(H,27,30). The molecule has 0 aliphatic carbocycles. The van der Waals surface area contributed by atoms with Crippen LogP contribution in [0.4, 0.5) is 15.8 Å². The second-order valence-corrected chi connectivity index (χ2v) is 7.82. The van der Waals surface area contributed by atoms with Crippen LogP contribution in [0.15, 0.2) is 53.5 Å². The Morgan fingerprint density at radius 3 is 2.65 bits per heavy atom. The van der Waals surface area contributed by atoms with Crippen LogP contribution < -0.4 is 16.0 Å². The van der Waals surface area contributed by atoms with Gasteiger partial charge in [-0.2, -0.15) is 0 Å². The number of nitrogens with zero attached hydrogens (tertiary/aromatic N) is 3. The number of anilines is 2. The number of nitrogens with one attached hydrogen (secondary N) is 1. The van der Waals surface area contributed by atoms with Crippen LogP contribution in [-0.2, 0) is 16.1 Å². The molecule has 0 saturated carbocycles. The van der Waals surface area contributed by atoms with E-state index in [9.17, 15) is 9.18 Å². The lowest BCUT2D eigenvalue weighted by atomic mass is 10.2. The predicted octanol–water partition coefficient (Wildman–Crippen LogP) is 2.58. The molecule has 2 aliphatic rings. The Hall–Kier alpha value is -3.13. The summed E-state index contributed by atoms with van der Waals surface area (Å²) in [5, 5.41) is 2.92. The van der Waals surface area contributed by atoms with Crippen molar-refractivity contribution in [2.75, 3.05) is 43.0 Å². The number of hydrogen-bond donors (Lipinski definition) is 2. The van der Waals surface area contributed by atoms with Gasteiger partial charge >= 0.3 is 0 Å². The van der Waals surface area contributed by atoms with Crippen molar-refractivity contribution in [2.24, 2.45) is 10.7 Å². The van der Waals surface area contributed by atoms with E-state index in [-0.39, 0.29) is 17.8 Å². The third-order valence-electron chi connectivity index (χ3n) is 5.64. The maximum Gasteiger partial charge on any atom is 0.253 e. The predicted molar refractivity (Wildman–Crippen MR) is 120 cm³/mol. The molecule has 1 atom stereocenters. The summed E-state index contributed by atoms with van der Waals surface area (Å²) >= 11 is 0. The molecular weight excluding hydrogens is 397 g/mol. The van der Waals surface area contributed by atoms with E-state index in [4.69, 9.17) is 10.5 Å². The molecule has 0 radical (unpaired) electrons. The average molecular weight is 426 g/mol. The van der Waals surface area contributed by atoms with Gasteiger partial charge in [0.1, 0.15) is 11.9 Å². The molecule has 1 unspecified atom stereocenters. The lowest BCUT2D eigenvalue weighted by molar-refractivity contribution is -0.124. The van der Waals surface area contributed by atoms with Crippen LogP contribution in [0.3, 0.4) is 0 Å². The van der Waals surface area contributed by atoms with Crippen LogP contribution in [0.25, 0.3) is 0 Å². The molecule has 8 heteroatoms. The number of piperazine rings is 1. The second-order valence-electron chi connectivity index (χ2n) is 7.82. The molecule has 31 heavy (non-hydrogen) atoms. The maximum atomic E-state index is 13.1. The Kier molecular flexibility index (Phi) is 6.66. The third-order valence-corrected chi connectivity index (χ3v) is 5.64. The lowest BCUT2D eigenvalue weighted by Crippen LogP contribution is -2.51. The summed E-state index contributed by atoms with van der Waals surface area (Å²) in [7, 11) is 0. The monoisotopic (exact) mass is 425 g/mol. The Morgan fingerprint density at radius 1 is 1.16 bits per heavy atom. The zero-order valence-corrected chi connectivity index (χ0v) is 17.5. The Balaban J connectivity index is 1.29. The minimum absolute atomic E-state index is 0.100. The number of carbonyl (C=O) groups is 1. The van der Waals surface area contributed by atoms with Crippen molar-refractivity contribution >= 4 is 23.2 Å². The van der Waals surface area contributed by atoms with Crippen molar-refractivity contribution in [3.05, 3.63) is 59.9 Å². The zero-order chi connectivity index (χ0) is 21.6. The summed E-state index contributed by atoms with van der Waals surface area (Å²) < 4.78 is 18.5. The van der Waals surface area contributed by atoms with Gasteiger partial charge in [-0.05, 0) is 54.8 Å². The van der Waals surface area contributed by atoms with Gasteiger partial charge in [0.25, 0.3) is 5.91 Å². The van der Waals surface area contributed by atoms with Gasteiger partial charge in [0.15, 0.2) is 5.96 Å². The quantitative estimate of drug-likeness (QED) is 0.568. The fourth-order valence-electron chi connectivity index (χ4n) is 3.87. The summed E-state index contributed by atoms with van der Waals surface area (Å²) in [6.45, 7) is 4.19. The van der Waals surface area contributed by atoms with Crippen LogP contribution in [0.2, 0.25) is 0 Å². The van der Waals surface area contributed by atoms with Crippen molar-refractivity contribution in [3.8, 4) is 0 Å². The number of guanidine groups is 1. The third kappa shape index (κ3) is 5.52. The van der Waals surface area contributed by atoms with E-state index >= 15 is 0 Å². The molecule has 0 bridgehead atoms. The van der Waals surface area contributed by atoms with Crippen molar-refractivity contribution in [3.63, 3.8) is 0 Å². The molecule has 2 aromatic rings. The fraction of sp³-hybridized carbons (Fsp3) is 0.391. The summed E-state index contributed by atoms with van der Waals surface area (Å²) in [6, 6.07) is 14.2. The van der Waals surface area contributed by atoms with Crippen LogP contribution in [-0.4, -0.2) is 55.7 Å². The number of rotatable bonds is 5. The SMILES string of the molecule is NC(=NCc1cccc(NC(=O)C2CCCO2)c1)N1CCN(c2ccc(F)cc2)CC1. The van der Waals surface area contributed by atoms with E-state index in [0.717, 1.165) is 56.0 Å². The number of amides is 1. The molecule has 1 amide bonds. The largest absolute Gasteiger partial charge is 0.370 e. The lowest BCUT2D eigenvalue weighted by Gasteiger charge is -2.36. The number of nitrogens with two attached hydrogens (primary N) is 1. The highest BCUT2D eigenvalue weighted by Gasteiger charge is 2.23. The van der Waals surface area contributed by atoms with Crippen molar-refractivity contribution < 1.29 is 13.9 Å². The molecule has 3 N–H and O–H groups in total. The van der Waals surface area contributed by atoms with Crippen LogP contribution in [0.5, 0.6) is 0 Å². The van der Waals surface area contributed by atoms with Gasteiger partial charge in [-0.1, -0.05) is 12.1 Å². The molecule has 2 aliphatic heterocycles. The van der Waals surface area contributed by atoms with Crippen molar-refractivity contribution in [2.45, 2.75) is 25.5 Å². The number of carbonyl (C=O) groups excluding carboxylic acids is 1. The summed E-state index contributed by atoms with van der Waals surface area (Å²) in [5.41, 5.74) is 8.94. The molecule has 2 saturated heterocycles. The number of ether oxygens (including phenoxy) is 1.